The van der Waals surface area contributed by atoms with Crippen LogP contribution in [0.2, 0.25) is 0 Å². The molecule has 0 saturated heterocycles. The summed E-state index contributed by atoms with van der Waals surface area (Å²) in [4.78, 5) is 0. The molecule has 82 valence electrons. The average Bonchev–Trinajstić information content (AvgIpc) is 2.39. The van der Waals surface area contributed by atoms with E-state index in [4.69, 9.17) is 0 Å². The Morgan fingerprint density at radius 1 is 0.824 bits per heavy atom. The minimum absolute atomic E-state index is 1.11. The van der Waals surface area contributed by atoms with E-state index in [1.165, 1.54) is 21.5 Å². The minimum Gasteiger partial charge on any atom is -0.362 e. The molecule has 1 N–H and O–H groups in total. The maximum Gasteiger partial charge on any atom is 0.0465 e. The van der Waals surface area contributed by atoms with Crippen LogP contribution < -0.4 is 5.32 Å². The van der Waals surface area contributed by atoms with Gasteiger partial charge in [-0.1, -0.05) is 55.1 Å². The Balaban J connectivity index is 2.49. The van der Waals surface area contributed by atoms with Gasteiger partial charge in [0.05, 0.1) is 0 Å². The fourth-order valence-corrected chi connectivity index (χ4v) is 2.28. The van der Waals surface area contributed by atoms with E-state index in [0.717, 1.165) is 5.69 Å². The molecule has 3 aromatic carbocycles. The van der Waals surface area contributed by atoms with E-state index in [2.05, 4.69) is 66.5 Å². The predicted octanol–water partition coefficient (Wildman–Crippen LogP) is 4.55. The summed E-state index contributed by atoms with van der Waals surface area (Å²) in [5, 5.41) is 8.24. The summed E-state index contributed by atoms with van der Waals surface area (Å²) in [6, 6.07) is 19.0. The van der Waals surface area contributed by atoms with Gasteiger partial charge in [-0.05, 0) is 28.4 Å². The molecule has 0 unspecified atom stereocenters. The van der Waals surface area contributed by atoms with Gasteiger partial charge >= 0.3 is 0 Å². The highest BCUT2D eigenvalue weighted by atomic mass is 14.8. The summed E-state index contributed by atoms with van der Waals surface area (Å²) >= 11 is 0. The summed E-state index contributed by atoms with van der Waals surface area (Å²) < 4.78 is 0. The molecule has 0 saturated carbocycles. The van der Waals surface area contributed by atoms with Crippen LogP contribution in [0.15, 0.2) is 67.4 Å². The van der Waals surface area contributed by atoms with Gasteiger partial charge < -0.3 is 5.32 Å². The van der Waals surface area contributed by atoms with Crippen LogP contribution in [0.5, 0.6) is 0 Å². The smallest absolute Gasteiger partial charge is 0.0465 e. The number of anilines is 1. The number of hydrogen-bond donors (Lipinski definition) is 1. The zero-order chi connectivity index (χ0) is 11.7. The first-order valence-electron chi connectivity index (χ1n) is 5.68. The molecule has 3 aromatic rings. The second-order valence-corrected chi connectivity index (χ2v) is 4.04. The Morgan fingerprint density at radius 3 is 2.24 bits per heavy atom. The van der Waals surface area contributed by atoms with Gasteiger partial charge in [0.25, 0.3) is 0 Å². The zero-order valence-corrected chi connectivity index (χ0v) is 9.48. The van der Waals surface area contributed by atoms with E-state index in [0.29, 0.717) is 0 Å². The Morgan fingerprint density at radius 2 is 1.47 bits per heavy atom. The Hall–Kier alpha value is -2.28. The summed E-state index contributed by atoms with van der Waals surface area (Å²) in [5.41, 5.74) is 1.11. The van der Waals surface area contributed by atoms with Crippen LogP contribution in [0.1, 0.15) is 0 Å². The highest BCUT2D eigenvalue weighted by Crippen LogP contribution is 2.31. The fraction of sp³-hybridized carbons (Fsp3) is 0. The quantitative estimate of drug-likeness (QED) is 0.623. The van der Waals surface area contributed by atoms with Gasteiger partial charge in [0.15, 0.2) is 0 Å². The lowest BCUT2D eigenvalue weighted by Gasteiger charge is -2.09. The van der Waals surface area contributed by atoms with Crippen LogP contribution in [-0.2, 0) is 0 Å². The molecule has 0 aliphatic rings. The zero-order valence-electron chi connectivity index (χ0n) is 9.48. The van der Waals surface area contributed by atoms with E-state index < -0.39 is 0 Å². The van der Waals surface area contributed by atoms with Gasteiger partial charge in [-0.25, -0.2) is 0 Å². The van der Waals surface area contributed by atoms with Gasteiger partial charge in [0, 0.05) is 11.1 Å². The van der Waals surface area contributed by atoms with Gasteiger partial charge in [-0.15, -0.1) is 0 Å². The Labute approximate surface area is 100 Å². The number of benzene rings is 3. The number of rotatable bonds is 2. The van der Waals surface area contributed by atoms with Crippen LogP contribution in [0.25, 0.3) is 21.5 Å². The average molecular weight is 219 g/mol. The van der Waals surface area contributed by atoms with Crippen LogP contribution in [0, 0.1) is 0 Å². The van der Waals surface area contributed by atoms with E-state index in [1.807, 2.05) is 0 Å². The molecule has 0 radical (unpaired) electrons. The summed E-state index contributed by atoms with van der Waals surface area (Å²) in [6.45, 7) is 3.73. The molecule has 0 aliphatic heterocycles. The topological polar surface area (TPSA) is 12.0 Å². The molecular formula is C16H13N. The van der Waals surface area contributed by atoms with Crippen molar-refractivity contribution in [2.45, 2.75) is 0 Å². The summed E-state index contributed by atoms with van der Waals surface area (Å²) in [5.74, 6) is 0. The lowest BCUT2D eigenvalue weighted by atomic mass is 10.0. The van der Waals surface area contributed by atoms with Crippen LogP contribution in [0.3, 0.4) is 0 Å². The van der Waals surface area contributed by atoms with Crippen LogP contribution in [0.4, 0.5) is 5.69 Å². The molecule has 0 heterocycles. The highest BCUT2D eigenvalue weighted by Gasteiger charge is 2.04. The SMILES string of the molecule is C=CNc1cc2ccccc2c2ccccc12. The maximum atomic E-state index is 3.73. The van der Waals surface area contributed by atoms with E-state index in [1.54, 1.807) is 6.20 Å². The fourth-order valence-electron chi connectivity index (χ4n) is 2.28. The van der Waals surface area contributed by atoms with E-state index in [-0.39, 0.29) is 0 Å². The molecule has 1 nitrogen and oxygen atoms in total. The third kappa shape index (κ3) is 1.56. The van der Waals surface area contributed by atoms with E-state index >= 15 is 0 Å². The normalized spacial score (nSPS) is 10.6. The third-order valence-corrected chi connectivity index (χ3v) is 3.03. The second kappa shape index (κ2) is 3.95. The summed E-state index contributed by atoms with van der Waals surface area (Å²) in [7, 11) is 0. The first-order valence-corrected chi connectivity index (χ1v) is 5.68. The van der Waals surface area contributed by atoms with Gasteiger partial charge in [0.1, 0.15) is 0 Å². The van der Waals surface area contributed by atoms with Crippen molar-refractivity contribution in [2.75, 3.05) is 5.32 Å². The van der Waals surface area contributed by atoms with Crippen molar-refractivity contribution in [3.63, 3.8) is 0 Å². The maximum absolute atomic E-state index is 3.73. The Bertz CT molecular complexity index is 698. The molecule has 0 atom stereocenters. The molecule has 17 heavy (non-hydrogen) atoms. The van der Waals surface area contributed by atoms with Crippen molar-refractivity contribution in [3.8, 4) is 0 Å². The first-order chi connectivity index (χ1) is 8.40. The van der Waals surface area contributed by atoms with Crippen LogP contribution in [-0.4, -0.2) is 0 Å². The van der Waals surface area contributed by atoms with Crippen molar-refractivity contribution < 1.29 is 0 Å². The monoisotopic (exact) mass is 219 g/mol. The predicted molar refractivity (Wildman–Crippen MR) is 75.3 cm³/mol. The number of hydrogen-bond acceptors (Lipinski definition) is 1. The van der Waals surface area contributed by atoms with E-state index in [9.17, 15) is 0 Å². The first kappa shape index (κ1) is 9.91. The van der Waals surface area contributed by atoms with Crippen molar-refractivity contribution in [2.24, 2.45) is 0 Å². The van der Waals surface area contributed by atoms with Crippen molar-refractivity contribution in [1.29, 1.82) is 0 Å². The molecule has 0 aromatic heterocycles. The standard InChI is InChI=1S/C16H13N/c1-2-17-16-11-12-7-3-4-8-13(12)14-9-5-6-10-15(14)16/h2-11,17H,1H2. The van der Waals surface area contributed by atoms with Gasteiger partial charge in [-0.2, -0.15) is 0 Å². The third-order valence-electron chi connectivity index (χ3n) is 3.03. The highest BCUT2D eigenvalue weighted by molar-refractivity contribution is 6.12. The van der Waals surface area contributed by atoms with Crippen molar-refractivity contribution in [1.82, 2.24) is 0 Å². The number of fused-ring (bicyclic) bond motifs is 3. The molecule has 0 fully saturated rings. The molecule has 1 heteroatoms. The molecular weight excluding hydrogens is 206 g/mol. The lowest BCUT2D eigenvalue weighted by molar-refractivity contribution is 1.66. The number of nitrogens with one attached hydrogen (secondary N) is 1. The summed E-state index contributed by atoms with van der Waals surface area (Å²) in [6.07, 6.45) is 1.72. The van der Waals surface area contributed by atoms with Crippen molar-refractivity contribution in [3.05, 3.63) is 67.4 Å². The largest absolute Gasteiger partial charge is 0.362 e. The molecule has 0 amide bonds. The van der Waals surface area contributed by atoms with Crippen LogP contribution >= 0.6 is 0 Å². The lowest BCUT2D eigenvalue weighted by Crippen LogP contribution is -1.89. The second-order valence-electron chi connectivity index (χ2n) is 4.04. The molecule has 0 bridgehead atoms. The van der Waals surface area contributed by atoms with Gasteiger partial charge in [0.2, 0.25) is 0 Å². The van der Waals surface area contributed by atoms with Crippen molar-refractivity contribution >= 4 is 27.2 Å². The molecule has 0 spiro atoms. The Kier molecular flexibility index (Phi) is 2.30. The van der Waals surface area contributed by atoms with Gasteiger partial charge in [-0.3, -0.25) is 0 Å². The molecule has 0 aliphatic carbocycles. The minimum atomic E-state index is 1.11. The molecule has 3 rings (SSSR count).